The van der Waals surface area contributed by atoms with Gasteiger partial charge in [-0.25, -0.2) is 0 Å². The number of hydrogen-bond donors (Lipinski definition) is 3. The van der Waals surface area contributed by atoms with Crippen LogP contribution in [0.3, 0.4) is 0 Å². The number of thiol groups is 1. The summed E-state index contributed by atoms with van der Waals surface area (Å²) in [6.07, 6.45) is 5.71. The van der Waals surface area contributed by atoms with Gasteiger partial charge in [-0.3, -0.25) is 0 Å². The van der Waals surface area contributed by atoms with Crippen LogP contribution in [0, 0.1) is 19.3 Å². The van der Waals surface area contributed by atoms with Crippen molar-refractivity contribution in [3.8, 4) is 12.3 Å². The zero-order valence-electron chi connectivity index (χ0n) is 8.57. The van der Waals surface area contributed by atoms with Crippen molar-refractivity contribution in [1.82, 2.24) is 0 Å². The quantitative estimate of drug-likeness (QED) is 0.389. The van der Waals surface area contributed by atoms with E-state index in [1.54, 1.807) is 6.07 Å². The maximum Gasteiger partial charge on any atom is 0.488 e. The second kappa shape index (κ2) is 5.27. The summed E-state index contributed by atoms with van der Waals surface area (Å²) in [5, 5.41) is 18.4. The third-order valence-corrected chi connectivity index (χ3v) is 2.71. The molecular formula is C11H13BO2S. The molecular weight excluding hydrogens is 207 g/mol. The Morgan fingerprint density at radius 3 is 2.60 bits per heavy atom. The molecule has 2 nitrogen and oxygen atoms in total. The summed E-state index contributed by atoms with van der Waals surface area (Å²) in [4.78, 5) is 0. The van der Waals surface area contributed by atoms with E-state index in [9.17, 15) is 10.0 Å². The molecule has 0 saturated carbocycles. The van der Waals surface area contributed by atoms with Crippen LogP contribution in [-0.4, -0.2) is 17.2 Å². The zero-order chi connectivity index (χ0) is 11.4. The minimum atomic E-state index is -1.46. The van der Waals surface area contributed by atoms with Crippen LogP contribution in [0.1, 0.15) is 16.7 Å². The van der Waals surface area contributed by atoms with E-state index in [0.29, 0.717) is 17.6 Å². The van der Waals surface area contributed by atoms with Gasteiger partial charge in [0.15, 0.2) is 0 Å². The summed E-state index contributed by atoms with van der Waals surface area (Å²) in [6, 6.07) is 3.68. The van der Waals surface area contributed by atoms with Gasteiger partial charge in [0.1, 0.15) is 0 Å². The van der Waals surface area contributed by atoms with Crippen LogP contribution in [0.4, 0.5) is 0 Å². The number of hydrogen-bond acceptors (Lipinski definition) is 3. The number of rotatable bonds is 3. The fourth-order valence-corrected chi connectivity index (χ4v) is 1.85. The van der Waals surface area contributed by atoms with Crippen molar-refractivity contribution in [3.63, 3.8) is 0 Å². The third kappa shape index (κ3) is 2.79. The molecule has 0 unspecified atom stereocenters. The Kier molecular flexibility index (Phi) is 4.28. The van der Waals surface area contributed by atoms with E-state index in [0.717, 1.165) is 16.7 Å². The van der Waals surface area contributed by atoms with E-state index in [1.807, 2.05) is 13.0 Å². The van der Waals surface area contributed by atoms with Crippen LogP contribution in [0.15, 0.2) is 12.1 Å². The van der Waals surface area contributed by atoms with Gasteiger partial charge in [-0.2, -0.15) is 12.6 Å². The maximum atomic E-state index is 9.20. The standard InChI is InChI=1S/C11H13BO2S/c1-3-4-9-5-10(7-15)8(2)11(6-9)12(13)14/h1,5-6,13-15H,4,7H2,2H3. The van der Waals surface area contributed by atoms with Crippen LogP contribution in [0.2, 0.25) is 0 Å². The first-order valence-corrected chi connectivity index (χ1v) is 5.26. The molecule has 15 heavy (non-hydrogen) atoms. The highest BCUT2D eigenvalue weighted by molar-refractivity contribution is 7.79. The van der Waals surface area contributed by atoms with Gasteiger partial charge in [0, 0.05) is 12.2 Å². The minimum absolute atomic E-state index is 0.487. The summed E-state index contributed by atoms with van der Waals surface area (Å²) in [7, 11) is -1.46. The number of terminal acetylenes is 1. The molecule has 1 aromatic rings. The van der Waals surface area contributed by atoms with Crippen molar-refractivity contribution in [2.75, 3.05) is 0 Å². The maximum absolute atomic E-state index is 9.20. The zero-order valence-corrected chi connectivity index (χ0v) is 9.46. The van der Waals surface area contributed by atoms with Crippen molar-refractivity contribution in [2.24, 2.45) is 0 Å². The summed E-state index contributed by atoms with van der Waals surface area (Å²) >= 11 is 4.20. The molecule has 0 aliphatic heterocycles. The van der Waals surface area contributed by atoms with Crippen molar-refractivity contribution in [2.45, 2.75) is 19.1 Å². The molecule has 1 rings (SSSR count). The lowest BCUT2D eigenvalue weighted by Crippen LogP contribution is -2.33. The second-order valence-corrected chi connectivity index (χ2v) is 3.70. The van der Waals surface area contributed by atoms with Gasteiger partial charge in [-0.05, 0) is 29.1 Å². The monoisotopic (exact) mass is 220 g/mol. The minimum Gasteiger partial charge on any atom is -0.423 e. The first-order chi connectivity index (χ1) is 7.10. The largest absolute Gasteiger partial charge is 0.488 e. The predicted molar refractivity (Wildman–Crippen MR) is 66.2 cm³/mol. The van der Waals surface area contributed by atoms with E-state index in [2.05, 4.69) is 18.5 Å². The molecule has 0 aliphatic carbocycles. The molecule has 0 heterocycles. The Hall–Kier alpha value is -0.885. The Morgan fingerprint density at radius 2 is 2.13 bits per heavy atom. The predicted octanol–water partition coefficient (Wildman–Crippen LogP) is 0.280. The Balaban J connectivity index is 3.26. The van der Waals surface area contributed by atoms with E-state index >= 15 is 0 Å². The molecule has 1 aromatic carbocycles. The molecule has 2 N–H and O–H groups in total. The van der Waals surface area contributed by atoms with Crippen LogP contribution < -0.4 is 5.46 Å². The molecule has 0 aromatic heterocycles. The van der Waals surface area contributed by atoms with Crippen LogP contribution in [0.25, 0.3) is 0 Å². The Morgan fingerprint density at radius 1 is 1.47 bits per heavy atom. The molecule has 0 bridgehead atoms. The SMILES string of the molecule is C#CCc1cc(CS)c(C)c(B(O)O)c1. The van der Waals surface area contributed by atoms with Crippen molar-refractivity contribution < 1.29 is 10.0 Å². The normalized spacial score (nSPS) is 9.80. The summed E-state index contributed by atoms with van der Waals surface area (Å²) < 4.78 is 0. The molecule has 0 atom stereocenters. The molecule has 0 spiro atoms. The van der Waals surface area contributed by atoms with Gasteiger partial charge in [0.2, 0.25) is 0 Å². The molecule has 78 valence electrons. The highest BCUT2D eigenvalue weighted by Gasteiger charge is 2.16. The lowest BCUT2D eigenvalue weighted by molar-refractivity contribution is 0.425. The second-order valence-electron chi connectivity index (χ2n) is 3.38. The van der Waals surface area contributed by atoms with Gasteiger partial charge in [-0.15, -0.1) is 12.3 Å². The van der Waals surface area contributed by atoms with E-state index < -0.39 is 7.12 Å². The van der Waals surface area contributed by atoms with E-state index in [4.69, 9.17) is 6.42 Å². The molecule has 4 heteroatoms. The molecule has 0 radical (unpaired) electrons. The third-order valence-electron chi connectivity index (χ3n) is 2.37. The molecule has 0 aliphatic rings. The Labute approximate surface area is 95.9 Å². The summed E-state index contributed by atoms with van der Waals surface area (Å²) in [5.74, 6) is 3.09. The fraction of sp³-hybridized carbons (Fsp3) is 0.273. The van der Waals surface area contributed by atoms with Gasteiger partial charge in [-0.1, -0.05) is 12.1 Å². The van der Waals surface area contributed by atoms with Crippen molar-refractivity contribution >= 4 is 25.2 Å². The average Bonchev–Trinajstić information content (AvgIpc) is 2.20. The lowest BCUT2D eigenvalue weighted by Gasteiger charge is -2.11. The van der Waals surface area contributed by atoms with Gasteiger partial charge < -0.3 is 10.0 Å². The first-order valence-electron chi connectivity index (χ1n) is 4.63. The highest BCUT2D eigenvalue weighted by atomic mass is 32.1. The first kappa shape index (κ1) is 12.2. The van der Waals surface area contributed by atoms with Crippen molar-refractivity contribution in [1.29, 1.82) is 0 Å². The summed E-state index contributed by atoms with van der Waals surface area (Å²) in [5.41, 5.74) is 3.26. The van der Waals surface area contributed by atoms with Crippen LogP contribution in [0.5, 0.6) is 0 Å². The lowest BCUT2D eigenvalue weighted by atomic mass is 9.75. The smallest absolute Gasteiger partial charge is 0.423 e. The van der Waals surface area contributed by atoms with E-state index in [-0.39, 0.29) is 0 Å². The molecule has 0 saturated heterocycles. The molecule has 0 fully saturated rings. The van der Waals surface area contributed by atoms with Crippen LogP contribution in [-0.2, 0) is 12.2 Å². The van der Waals surface area contributed by atoms with Gasteiger partial charge >= 0.3 is 7.12 Å². The number of benzene rings is 1. The van der Waals surface area contributed by atoms with Gasteiger partial charge in [0.05, 0.1) is 0 Å². The van der Waals surface area contributed by atoms with Gasteiger partial charge in [0.25, 0.3) is 0 Å². The van der Waals surface area contributed by atoms with E-state index in [1.165, 1.54) is 0 Å². The van der Waals surface area contributed by atoms with Crippen LogP contribution >= 0.6 is 12.6 Å². The summed E-state index contributed by atoms with van der Waals surface area (Å²) in [6.45, 7) is 1.85. The molecule has 0 amide bonds. The average molecular weight is 220 g/mol. The highest BCUT2D eigenvalue weighted by Crippen LogP contribution is 2.12. The fourth-order valence-electron chi connectivity index (χ4n) is 1.52. The topological polar surface area (TPSA) is 40.5 Å². The van der Waals surface area contributed by atoms with Crippen molar-refractivity contribution in [3.05, 3.63) is 28.8 Å². The Bertz CT molecular complexity index is 396.